The zero-order valence-electron chi connectivity index (χ0n) is 13.8. The molecule has 23 heavy (non-hydrogen) atoms. The van der Waals surface area contributed by atoms with E-state index < -0.39 is 11.2 Å². The number of hydrogen-bond acceptors (Lipinski definition) is 5. The van der Waals surface area contributed by atoms with Gasteiger partial charge in [0, 0.05) is 18.0 Å². The van der Waals surface area contributed by atoms with Crippen LogP contribution in [0, 0.1) is 5.92 Å². The molecule has 2 aromatic heterocycles. The van der Waals surface area contributed by atoms with Gasteiger partial charge in [-0.3, -0.25) is 18.7 Å². The number of hydrogen-bond donors (Lipinski definition) is 1. The molecule has 1 unspecified atom stereocenters. The standard InChI is InChI=1S/C15H22N4O3S/c1-5-10(4)16-12(20)7-18-11-8-23-17-13(11)14(21)19(15(18)22)6-9(2)3/h8-10H,5-7H2,1-4H3,(H,16,20). The molecular weight excluding hydrogens is 316 g/mol. The fourth-order valence-corrected chi connectivity index (χ4v) is 2.95. The molecule has 0 radical (unpaired) electrons. The van der Waals surface area contributed by atoms with Gasteiger partial charge in [-0.05, 0) is 30.8 Å². The van der Waals surface area contributed by atoms with Crippen LogP contribution in [-0.2, 0) is 17.9 Å². The van der Waals surface area contributed by atoms with Crippen molar-refractivity contribution in [2.75, 3.05) is 0 Å². The predicted molar refractivity (Wildman–Crippen MR) is 90.9 cm³/mol. The molecule has 2 rings (SSSR count). The first-order valence-electron chi connectivity index (χ1n) is 7.72. The van der Waals surface area contributed by atoms with Crippen molar-refractivity contribution in [3.8, 4) is 0 Å². The van der Waals surface area contributed by atoms with Gasteiger partial charge in [0.2, 0.25) is 5.91 Å². The molecule has 1 amide bonds. The fourth-order valence-electron chi connectivity index (χ4n) is 2.28. The summed E-state index contributed by atoms with van der Waals surface area (Å²) in [6.45, 7) is 7.92. The largest absolute Gasteiger partial charge is 0.352 e. The molecular formula is C15H22N4O3S. The Morgan fingerprint density at radius 3 is 2.61 bits per heavy atom. The average molecular weight is 338 g/mol. The third kappa shape index (κ3) is 3.69. The lowest BCUT2D eigenvalue weighted by molar-refractivity contribution is -0.122. The molecule has 0 aliphatic heterocycles. The third-order valence-corrected chi connectivity index (χ3v) is 4.24. The van der Waals surface area contributed by atoms with Crippen molar-refractivity contribution < 1.29 is 4.79 Å². The van der Waals surface area contributed by atoms with Crippen LogP contribution in [0.1, 0.15) is 34.1 Å². The van der Waals surface area contributed by atoms with Crippen LogP contribution < -0.4 is 16.6 Å². The zero-order valence-corrected chi connectivity index (χ0v) is 14.6. The molecule has 8 heteroatoms. The van der Waals surface area contributed by atoms with Gasteiger partial charge in [0.25, 0.3) is 5.56 Å². The van der Waals surface area contributed by atoms with Crippen molar-refractivity contribution in [3.05, 3.63) is 26.2 Å². The average Bonchev–Trinajstić information content (AvgIpc) is 2.97. The summed E-state index contributed by atoms with van der Waals surface area (Å²) < 4.78 is 6.59. The molecule has 0 spiro atoms. The summed E-state index contributed by atoms with van der Waals surface area (Å²) in [6.07, 6.45) is 0.808. The van der Waals surface area contributed by atoms with Gasteiger partial charge in [0.15, 0.2) is 5.52 Å². The predicted octanol–water partition coefficient (Wildman–Crippen LogP) is 1.19. The second kappa shape index (κ2) is 7.08. The highest BCUT2D eigenvalue weighted by Crippen LogP contribution is 2.10. The molecule has 0 saturated carbocycles. The van der Waals surface area contributed by atoms with Gasteiger partial charge in [-0.2, -0.15) is 4.37 Å². The monoisotopic (exact) mass is 338 g/mol. The number of carbonyl (C=O) groups is 1. The van der Waals surface area contributed by atoms with Gasteiger partial charge in [0.1, 0.15) is 6.54 Å². The Morgan fingerprint density at radius 1 is 1.30 bits per heavy atom. The smallest absolute Gasteiger partial charge is 0.332 e. The summed E-state index contributed by atoms with van der Waals surface area (Å²) in [6, 6.07) is 0.0378. The molecule has 0 aromatic carbocycles. The number of fused-ring (bicyclic) bond motifs is 1. The summed E-state index contributed by atoms with van der Waals surface area (Å²) in [7, 11) is 0. The maximum atomic E-state index is 12.7. The normalized spacial score (nSPS) is 12.7. The first-order chi connectivity index (χ1) is 10.8. The number of aromatic nitrogens is 3. The molecule has 126 valence electrons. The van der Waals surface area contributed by atoms with E-state index in [0.717, 1.165) is 18.0 Å². The van der Waals surface area contributed by atoms with Crippen molar-refractivity contribution in [1.29, 1.82) is 0 Å². The van der Waals surface area contributed by atoms with Crippen molar-refractivity contribution in [1.82, 2.24) is 18.8 Å². The fraction of sp³-hybridized carbons (Fsp3) is 0.600. The maximum Gasteiger partial charge on any atom is 0.332 e. The van der Waals surface area contributed by atoms with Gasteiger partial charge in [-0.15, -0.1) is 0 Å². The SMILES string of the molecule is CCC(C)NC(=O)Cn1c(=O)n(CC(C)C)c(=O)c2nscc21. The van der Waals surface area contributed by atoms with Gasteiger partial charge in [-0.25, -0.2) is 4.79 Å². The lowest BCUT2D eigenvalue weighted by atomic mass is 10.2. The van der Waals surface area contributed by atoms with E-state index in [-0.39, 0.29) is 29.9 Å². The lowest BCUT2D eigenvalue weighted by Crippen LogP contribution is -2.44. The molecule has 0 aliphatic carbocycles. The van der Waals surface area contributed by atoms with E-state index in [2.05, 4.69) is 9.69 Å². The highest BCUT2D eigenvalue weighted by atomic mass is 32.1. The second-order valence-electron chi connectivity index (χ2n) is 6.10. The van der Waals surface area contributed by atoms with Crippen molar-refractivity contribution in [2.24, 2.45) is 5.92 Å². The molecule has 1 N–H and O–H groups in total. The van der Waals surface area contributed by atoms with Crippen LogP contribution >= 0.6 is 11.5 Å². The van der Waals surface area contributed by atoms with E-state index >= 15 is 0 Å². The molecule has 0 aliphatic rings. The highest BCUT2D eigenvalue weighted by molar-refractivity contribution is 7.04. The van der Waals surface area contributed by atoms with Crippen LogP contribution in [0.15, 0.2) is 15.0 Å². The van der Waals surface area contributed by atoms with E-state index in [1.165, 1.54) is 9.13 Å². The number of carbonyl (C=O) groups excluding carboxylic acids is 1. The molecule has 7 nitrogen and oxygen atoms in total. The Labute approximate surface area is 138 Å². The van der Waals surface area contributed by atoms with E-state index in [4.69, 9.17) is 0 Å². The lowest BCUT2D eigenvalue weighted by Gasteiger charge is -2.15. The molecule has 1 atom stereocenters. The maximum absolute atomic E-state index is 12.7. The van der Waals surface area contributed by atoms with Crippen LogP contribution in [0.5, 0.6) is 0 Å². The zero-order chi connectivity index (χ0) is 17.1. The molecule has 0 fully saturated rings. The van der Waals surface area contributed by atoms with Gasteiger partial charge in [-0.1, -0.05) is 20.8 Å². The van der Waals surface area contributed by atoms with Gasteiger partial charge >= 0.3 is 5.69 Å². The second-order valence-corrected chi connectivity index (χ2v) is 6.73. The Kier molecular flexibility index (Phi) is 5.35. The van der Waals surface area contributed by atoms with Crippen molar-refractivity contribution >= 4 is 28.5 Å². The minimum absolute atomic E-state index is 0.0378. The topological polar surface area (TPSA) is 86.0 Å². The summed E-state index contributed by atoms with van der Waals surface area (Å²) in [5.74, 6) is -0.109. The molecule has 0 saturated heterocycles. The van der Waals surface area contributed by atoms with Crippen LogP contribution in [0.25, 0.3) is 11.0 Å². The van der Waals surface area contributed by atoms with Crippen molar-refractivity contribution in [3.63, 3.8) is 0 Å². The minimum atomic E-state index is -0.462. The highest BCUT2D eigenvalue weighted by Gasteiger charge is 2.18. The van der Waals surface area contributed by atoms with Crippen LogP contribution in [0.3, 0.4) is 0 Å². The minimum Gasteiger partial charge on any atom is -0.352 e. The number of nitrogens with one attached hydrogen (secondary N) is 1. The Morgan fingerprint density at radius 2 is 2.00 bits per heavy atom. The molecule has 2 aromatic rings. The van der Waals surface area contributed by atoms with Crippen LogP contribution in [0.2, 0.25) is 0 Å². The Hall–Kier alpha value is -1.96. The number of amides is 1. The number of rotatable bonds is 6. The van der Waals surface area contributed by atoms with Crippen LogP contribution in [0.4, 0.5) is 0 Å². The summed E-state index contributed by atoms with van der Waals surface area (Å²) >= 11 is 1.11. The number of nitrogens with zero attached hydrogens (tertiary/aromatic N) is 3. The molecule has 0 bridgehead atoms. The van der Waals surface area contributed by atoms with Crippen LogP contribution in [-0.4, -0.2) is 25.5 Å². The van der Waals surface area contributed by atoms with E-state index in [1.54, 1.807) is 5.38 Å². The Balaban J connectivity index is 2.50. The van der Waals surface area contributed by atoms with Gasteiger partial charge in [0.05, 0.1) is 5.52 Å². The first kappa shape index (κ1) is 17.4. The summed E-state index contributed by atoms with van der Waals surface area (Å²) in [5, 5.41) is 4.47. The quantitative estimate of drug-likeness (QED) is 0.857. The van der Waals surface area contributed by atoms with Crippen molar-refractivity contribution in [2.45, 2.75) is 53.2 Å². The first-order valence-corrected chi connectivity index (χ1v) is 8.55. The Bertz CT molecular complexity index is 818. The third-order valence-electron chi connectivity index (χ3n) is 3.62. The molecule has 2 heterocycles. The van der Waals surface area contributed by atoms with E-state index in [1.807, 2.05) is 27.7 Å². The summed E-state index contributed by atoms with van der Waals surface area (Å²) in [4.78, 5) is 37.2. The van der Waals surface area contributed by atoms with E-state index in [9.17, 15) is 14.4 Å². The van der Waals surface area contributed by atoms with Gasteiger partial charge < -0.3 is 5.32 Å². The summed E-state index contributed by atoms with van der Waals surface area (Å²) in [5.41, 5.74) is -0.190. The van der Waals surface area contributed by atoms with E-state index in [0.29, 0.717) is 12.1 Å².